The fraction of sp³-hybridized carbons (Fsp3) is 0.944. The van der Waals surface area contributed by atoms with E-state index in [0.717, 1.165) is 25.8 Å². The molecule has 4 nitrogen and oxygen atoms in total. The first-order chi connectivity index (χ1) is 26.9. The Morgan fingerprint density at radius 1 is 0.448 bits per heavy atom. The van der Waals surface area contributed by atoms with Crippen molar-refractivity contribution >= 4 is 6.79 Å². The van der Waals surface area contributed by atoms with Crippen molar-refractivity contribution in [3.05, 3.63) is 12.7 Å². The van der Waals surface area contributed by atoms with Crippen LogP contribution in [0.15, 0.2) is 12.7 Å². The van der Waals surface area contributed by atoms with E-state index in [1.807, 2.05) is 12.9 Å². The van der Waals surface area contributed by atoms with Crippen LogP contribution in [0.2, 0.25) is 0 Å². The Labute approximate surface area is 372 Å². The molecule has 0 fully saturated rings. The molecule has 0 atom stereocenters. The van der Waals surface area contributed by atoms with Crippen LogP contribution in [-0.4, -0.2) is 63.7 Å². The molecule has 4 heteroatoms. The van der Waals surface area contributed by atoms with E-state index in [0.29, 0.717) is 0 Å². The van der Waals surface area contributed by atoms with E-state index in [-0.39, 0.29) is 22.3 Å². The van der Waals surface area contributed by atoms with Crippen LogP contribution in [0, 0.1) is 5.92 Å². The molecule has 0 saturated heterocycles. The predicted octanol–water partition coefficient (Wildman–Crippen LogP) is 18.7. The van der Waals surface area contributed by atoms with Crippen LogP contribution >= 0.6 is 0 Å². The lowest BCUT2D eigenvalue weighted by atomic mass is 9.96. The maximum absolute atomic E-state index is 8.00. The molecule has 0 radical (unpaired) electrons. The lowest BCUT2D eigenvalue weighted by molar-refractivity contribution is -0.0980. The van der Waals surface area contributed by atoms with Gasteiger partial charge in [-0.15, -0.1) is 6.58 Å². The smallest absolute Gasteiger partial charge is 0.106 e. The Balaban J connectivity index is -0.000000138. The van der Waals surface area contributed by atoms with Crippen LogP contribution in [0.5, 0.6) is 0 Å². The second kappa shape index (κ2) is 70.8. The highest BCUT2D eigenvalue weighted by atomic mass is 16.5. The molecule has 0 aromatic heterocycles. The minimum Gasteiger partial charge on any atom is -0.365 e. The average Bonchev–Trinajstić information content (AvgIpc) is 3.19. The van der Waals surface area contributed by atoms with Crippen molar-refractivity contribution in [2.75, 3.05) is 47.1 Å². The molecule has 0 aliphatic heterocycles. The van der Waals surface area contributed by atoms with E-state index in [9.17, 15) is 0 Å². The first-order valence-electron chi connectivity index (χ1n) is 24.8. The van der Waals surface area contributed by atoms with Crippen molar-refractivity contribution in [1.82, 2.24) is 9.80 Å². The highest BCUT2D eigenvalue weighted by Gasteiger charge is 2.06. The summed E-state index contributed by atoms with van der Waals surface area (Å²) in [5.41, 5.74) is 0. The fourth-order valence-electron chi connectivity index (χ4n) is 6.85. The summed E-state index contributed by atoms with van der Waals surface area (Å²) in [6.45, 7) is 24.7. The van der Waals surface area contributed by atoms with Crippen molar-refractivity contribution in [3.8, 4) is 0 Å². The summed E-state index contributed by atoms with van der Waals surface area (Å²) in [4.78, 5) is 12.7. The third kappa shape index (κ3) is 76.1. The topological polar surface area (TPSA) is 32.8 Å². The van der Waals surface area contributed by atoms with E-state index in [2.05, 4.69) is 72.0 Å². The molecule has 0 aromatic carbocycles. The molecule has 0 N–H and O–H groups in total. The number of carbonyl (C=O) groups is 1. The third-order valence-electron chi connectivity index (χ3n) is 10.7. The molecule has 58 heavy (non-hydrogen) atoms. The molecule has 0 bridgehead atoms. The van der Waals surface area contributed by atoms with Crippen molar-refractivity contribution in [3.63, 3.8) is 0 Å². The monoisotopic (exact) mass is 829 g/mol. The molecule has 358 valence electrons. The quantitative estimate of drug-likeness (QED) is 0.0349. The molecule has 0 aliphatic carbocycles. The molecule has 0 unspecified atom stereocenters. The number of likely N-dealkylation sites (N-methyl/N-ethyl adjacent to an activating group) is 1. The summed E-state index contributed by atoms with van der Waals surface area (Å²) in [5.74, 6) is 0.974. The fourth-order valence-corrected chi connectivity index (χ4v) is 6.85. The summed E-state index contributed by atoms with van der Waals surface area (Å²) >= 11 is 0. The van der Waals surface area contributed by atoms with Gasteiger partial charge in [0.05, 0.1) is 13.3 Å². The van der Waals surface area contributed by atoms with Gasteiger partial charge in [-0.1, -0.05) is 263 Å². The molecular weight excluding hydrogens is 709 g/mol. The van der Waals surface area contributed by atoms with E-state index in [4.69, 9.17) is 9.53 Å². The zero-order valence-corrected chi connectivity index (χ0v) is 39.9. The summed E-state index contributed by atoms with van der Waals surface area (Å²) in [5, 5.41) is 0. The van der Waals surface area contributed by atoms with Gasteiger partial charge < -0.3 is 14.4 Å². The largest absolute Gasteiger partial charge is 0.365 e. The van der Waals surface area contributed by atoms with Crippen molar-refractivity contribution in [2.24, 2.45) is 5.92 Å². The van der Waals surface area contributed by atoms with Crippen LogP contribution in [0.3, 0.4) is 0 Å². The van der Waals surface area contributed by atoms with Crippen LogP contribution < -0.4 is 0 Å². The Morgan fingerprint density at radius 3 is 1.05 bits per heavy atom. The summed E-state index contributed by atoms with van der Waals surface area (Å²) < 4.78 is 5.89. The van der Waals surface area contributed by atoms with Gasteiger partial charge in [-0.2, -0.15) is 0 Å². The molecule has 0 spiro atoms. The standard InChI is InChI=1S/C22H46N2O.C18H38.C10H22.CH2O.3CH4/c1-5-7-9-11-13-15-17-19-24(22-25-21-20-23(3)4)18-16-14-12-10-8-6-2;1-4-6-8-10-12-14-16-18(3)17-15-13-11-9-7-5-2;1-3-5-7-9-10-8-6-4-2;1-2;;;/h5H,1,6-22H2,2-4H3;18H,4-17H2,1-3H3;3-10H2,1-2H3;1H2;3*1H4. The zero-order chi connectivity index (χ0) is 41.7. The minimum atomic E-state index is 0. The maximum Gasteiger partial charge on any atom is 0.106 e. The zero-order valence-electron chi connectivity index (χ0n) is 39.9. The lowest BCUT2D eigenvalue weighted by Crippen LogP contribution is -2.30. The number of nitrogens with zero attached hydrogens (tertiary/aromatic N) is 2. The second-order valence-corrected chi connectivity index (χ2v) is 16.9. The molecule has 0 aliphatic rings. The highest BCUT2D eigenvalue weighted by Crippen LogP contribution is 2.18. The maximum atomic E-state index is 8.00. The average molecular weight is 830 g/mol. The van der Waals surface area contributed by atoms with Crippen LogP contribution in [0.25, 0.3) is 0 Å². The van der Waals surface area contributed by atoms with Gasteiger partial charge in [0.15, 0.2) is 0 Å². The van der Waals surface area contributed by atoms with Gasteiger partial charge in [0, 0.05) is 19.6 Å². The SMILES string of the molecule is C.C.C.C=CCCCCCCCN(CCCCCCCC)COCCN(C)C.C=O.CCCCCCCCC(C)CCCCCCCC.CCCCCCCCCC. The number of carbonyl (C=O) groups excluding carboxylic acids is 1. The number of allylic oxidation sites excluding steroid dienone is 1. The number of rotatable bonds is 41. The molecule has 0 rings (SSSR count). The van der Waals surface area contributed by atoms with E-state index >= 15 is 0 Å². The van der Waals surface area contributed by atoms with E-state index in [1.165, 1.54) is 231 Å². The van der Waals surface area contributed by atoms with Gasteiger partial charge in [0.1, 0.15) is 6.79 Å². The molecule has 0 heterocycles. The van der Waals surface area contributed by atoms with Crippen molar-refractivity contribution in [2.45, 2.75) is 282 Å². The van der Waals surface area contributed by atoms with E-state index in [1.54, 1.807) is 0 Å². The Bertz CT molecular complexity index is 604. The van der Waals surface area contributed by atoms with E-state index < -0.39 is 0 Å². The molecule has 0 amide bonds. The Morgan fingerprint density at radius 2 is 0.741 bits per heavy atom. The number of hydrogen-bond donors (Lipinski definition) is 0. The van der Waals surface area contributed by atoms with Crippen LogP contribution in [0.4, 0.5) is 0 Å². The van der Waals surface area contributed by atoms with Gasteiger partial charge in [0.2, 0.25) is 0 Å². The number of ether oxygens (including phenoxy) is 1. The molecule has 0 aromatic rings. The summed E-state index contributed by atoms with van der Waals surface area (Å²) in [6, 6.07) is 0. The van der Waals surface area contributed by atoms with Gasteiger partial charge >= 0.3 is 0 Å². The number of hydrogen-bond acceptors (Lipinski definition) is 4. The van der Waals surface area contributed by atoms with Crippen molar-refractivity contribution in [1.29, 1.82) is 0 Å². The predicted molar refractivity (Wildman–Crippen MR) is 273 cm³/mol. The summed E-state index contributed by atoms with van der Waals surface area (Å²) in [6.07, 6.45) is 49.9. The highest BCUT2D eigenvalue weighted by molar-refractivity contribution is 5.11. The number of unbranched alkanes of at least 4 members (excludes halogenated alkanes) is 27. The first kappa shape index (κ1) is 71.8. The molecular formula is C54H120N2O2. The second-order valence-electron chi connectivity index (χ2n) is 16.9. The van der Waals surface area contributed by atoms with Gasteiger partial charge in [0.25, 0.3) is 0 Å². The third-order valence-corrected chi connectivity index (χ3v) is 10.7. The normalized spacial score (nSPS) is 10.3. The summed E-state index contributed by atoms with van der Waals surface area (Å²) in [7, 11) is 4.20. The van der Waals surface area contributed by atoms with Gasteiger partial charge in [-0.3, -0.25) is 4.90 Å². The van der Waals surface area contributed by atoms with Crippen molar-refractivity contribution < 1.29 is 9.53 Å². The lowest BCUT2D eigenvalue weighted by Gasteiger charge is -2.23. The minimum absolute atomic E-state index is 0. The molecule has 0 saturated carbocycles. The first-order valence-corrected chi connectivity index (χ1v) is 24.8. The van der Waals surface area contributed by atoms with Gasteiger partial charge in [-0.25, -0.2) is 0 Å². The Hall–Kier alpha value is -0.710. The van der Waals surface area contributed by atoms with Gasteiger partial charge in [-0.05, 0) is 45.7 Å². The Kier molecular flexibility index (Phi) is 87.7. The van der Waals surface area contributed by atoms with Crippen LogP contribution in [-0.2, 0) is 9.53 Å². The van der Waals surface area contributed by atoms with Crippen LogP contribution in [0.1, 0.15) is 282 Å².